The van der Waals surface area contributed by atoms with Gasteiger partial charge in [-0.1, -0.05) is 30.5 Å². The Bertz CT molecular complexity index is 396. The first-order valence-corrected chi connectivity index (χ1v) is 7.41. The minimum Gasteiger partial charge on any atom is -0.386 e. The zero-order valence-electron chi connectivity index (χ0n) is 12.4. The first-order chi connectivity index (χ1) is 9.08. The van der Waals surface area contributed by atoms with Gasteiger partial charge in [-0.3, -0.25) is 0 Å². The predicted molar refractivity (Wildman–Crippen MR) is 78.4 cm³/mol. The van der Waals surface area contributed by atoms with Crippen LogP contribution in [0.15, 0.2) is 12.1 Å². The Hall–Kier alpha value is -0.860. The molecule has 1 aliphatic carbocycles. The Morgan fingerprint density at radius 2 is 1.74 bits per heavy atom. The molecule has 1 aliphatic rings. The summed E-state index contributed by atoms with van der Waals surface area (Å²) in [5.41, 5.74) is 4.61. The Morgan fingerprint density at radius 3 is 2.32 bits per heavy atom. The van der Waals surface area contributed by atoms with E-state index in [2.05, 4.69) is 32.9 Å². The molecule has 0 bridgehead atoms. The standard InChI is InChI=1S/C17H26O2/c1-12-8-13(2)17(14(3)9-12)16(18)11-19-10-15-6-4-5-7-15/h8-9,15-16,18H,4-7,10-11H2,1-3H3. The zero-order chi connectivity index (χ0) is 13.8. The molecule has 1 unspecified atom stereocenters. The number of aliphatic hydroxyl groups is 1. The van der Waals surface area contributed by atoms with Crippen molar-refractivity contribution in [2.45, 2.75) is 52.6 Å². The molecule has 0 amide bonds. The summed E-state index contributed by atoms with van der Waals surface area (Å²) < 4.78 is 5.72. The fourth-order valence-electron chi connectivity index (χ4n) is 3.32. The van der Waals surface area contributed by atoms with E-state index in [9.17, 15) is 5.11 Å². The maximum absolute atomic E-state index is 10.3. The van der Waals surface area contributed by atoms with Crippen LogP contribution in [0.25, 0.3) is 0 Å². The van der Waals surface area contributed by atoms with E-state index in [1.807, 2.05) is 0 Å². The Balaban J connectivity index is 1.90. The molecule has 2 heteroatoms. The van der Waals surface area contributed by atoms with Crippen LogP contribution in [0.3, 0.4) is 0 Å². The molecule has 0 heterocycles. The number of hydrogen-bond donors (Lipinski definition) is 1. The van der Waals surface area contributed by atoms with E-state index in [4.69, 9.17) is 4.74 Å². The molecule has 106 valence electrons. The van der Waals surface area contributed by atoms with Crippen LogP contribution in [0, 0.1) is 26.7 Å². The van der Waals surface area contributed by atoms with Gasteiger partial charge in [0.2, 0.25) is 0 Å². The van der Waals surface area contributed by atoms with Gasteiger partial charge in [0, 0.05) is 6.61 Å². The van der Waals surface area contributed by atoms with E-state index in [1.165, 1.54) is 31.2 Å². The summed E-state index contributed by atoms with van der Waals surface area (Å²) in [7, 11) is 0. The summed E-state index contributed by atoms with van der Waals surface area (Å²) >= 11 is 0. The van der Waals surface area contributed by atoms with E-state index in [0.29, 0.717) is 12.5 Å². The molecular weight excluding hydrogens is 236 g/mol. The molecule has 0 aromatic heterocycles. The van der Waals surface area contributed by atoms with Gasteiger partial charge in [-0.2, -0.15) is 0 Å². The highest BCUT2D eigenvalue weighted by Crippen LogP contribution is 2.26. The Labute approximate surface area is 116 Å². The molecule has 2 rings (SSSR count). The van der Waals surface area contributed by atoms with Crippen LogP contribution in [0.2, 0.25) is 0 Å². The number of aryl methyl sites for hydroxylation is 3. The number of hydrogen-bond acceptors (Lipinski definition) is 2. The quantitative estimate of drug-likeness (QED) is 0.873. The summed E-state index contributed by atoms with van der Waals surface area (Å²) in [4.78, 5) is 0. The van der Waals surface area contributed by atoms with Crippen molar-refractivity contribution in [3.63, 3.8) is 0 Å². The van der Waals surface area contributed by atoms with E-state index in [0.717, 1.165) is 23.3 Å². The molecule has 1 aromatic rings. The summed E-state index contributed by atoms with van der Waals surface area (Å²) in [6, 6.07) is 4.26. The van der Waals surface area contributed by atoms with Gasteiger partial charge >= 0.3 is 0 Å². The normalized spacial score (nSPS) is 17.9. The second kappa shape index (κ2) is 6.53. The maximum Gasteiger partial charge on any atom is 0.103 e. The lowest BCUT2D eigenvalue weighted by atomic mass is 9.96. The fourth-order valence-corrected chi connectivity index (χ4v) is 3.32. The molecule has 0 spiro atoms. The van der Waals surface area contributed by atoms with Crippen LogP contribution in [-0.4, -0.2) is 18.3 Å². The van der Waals surface area contributed by atoms with Gasteiger partial charge < -0.3 is 9.84 Å². The molecule has 2 nitrogen and oxygen atoms in total. The fraction of sp³-hybridized carbons (Fsp3) is 0.647. The molecule has 0 aliphatic heterocycles. The van der Waals surface area contributed by atoms with Gasteiger partial charge in [-0.05, 0) is 56.2 Å². The van der Waals surface area contributed by atoms with Gasteiger partial charge in [0.25, 0.3) is 0 Å². The highest BCUT2D eigenvalue weighted by molar-refractivity contribution is 5.38. The van der Waals surface area contributed by atoms with Crippen molar-refractivity contribution >= 4 is 0 Å². The van der Waals surface area contributed by atoms with Crippen LogP contribution >= 0.6 is 0 Å². The lowest BCUT2D eigenvalue weighted by Crippen LogP contribution is -2.14. The van der Waals surface area contributed by atoms with Crippen molar-refractivity contribution in [2.75, 3.05) is 13.2 Å². The van der Waals surface area contributed by atoms with Gasteiger partial charge in [-0.25, -0.2) is 0 Å². The molecule has 1 aromatic carbocycles. The molecule has 1 N–H and O–H groups in total. The highest BCUT2D eigenvalue weighted by atomic mass is 16.5. The van der Waals surface area contributed by atoms with Crippen molar-refractivity contribution in [2.24, 2.45) is 5.92 Å². The molecular formula is C17H26O2. The summed E-state index contributed by atoms with van der Waals surface area (Å²) in [6.07, 6.45) is 4.76. The first-order valence-electron chi connectivity index (χ1n) is 7.41. The van der Waals surface area contributed by atoms with Crippen LogP contribution < -0.4 is 0 Å². The molecule has 1 saturated carbocycles. The topological polar surface area (TPSA) is 29.5 Å². The van der Waals surface area contributed by atoms with E-state index < -0.39 is 6.10 Å². The first kappa shape index (κ1) is 14.5. The lowest BCUT2D eigenvalue weighted by molar-refractivity contribution is 0.0206. The Kier molecular flexibility index (Phi) is 5.00. The summed E-state index contributed by atoms with van der Waals surface area (Å²) in [6.45, 7) is 7.44. The minimum absolute atomic E-state index is 0.418. The van der Waals surface area contributed by atoms with Crippen LogP contribution in [0.4, 0.5) is 0 Å². The van der Waals surface area contributed by atoms with Crippen LogP contribution in [-0.2, 0) is 4.74 Å². The summed E-state index contributed by atoms with van der Waals surface area (Å²) in [5.74, 6) is 0.715. The van der Waals surface area contributed by atoms with Gasteiger partial charge in [0.05, 0.1) is 6.61 Å². The van der Waals surface area contributed by atoms with Crippen LogP contribution in [0.1, 0.15) is 54.0 Å². The Morgan fingerprint density at radius 1 is 1.16 bits per heavy atom. The van der Waals surface area contributed by atoms with Crippen molar-refractivity contribution in [1.82, 2.24) is 0 Å². The lowest BCUT2D eigenvalue weighted by Gasteiger charge is -2.18. The van der Waals surface area contributed by atoms with E-state index in [1.54, 1.807) is 0 Å². The third-order valence-electron chi connectivity index (χ3n) is 4.18. The molecule has 0 saturated heterocycles. The van der Waals surface area contributed by atoms with Crippen molar-refractivity contribution in [1.29, 1.82) is 0 Å². The second-order valence-electron chi connectivity index (χ2n) is 6.02. The van der Waals surface area contributed by atoms with E-state index >= 15 is 0 Å². The monoisotopic (exact) mass is 262 g/mol. The van der Waals surface area contributed by atoms with Gasteiger partial charge in [0.1, 0.15) is 6.10 Å². The average molecular weight is 262 g/mol. The third-order valence-corrected chi connectivity index (χ3v) is 4.18. The molecule has 19 heavy (non-hydrogen) atoms. The average Bonchev–Trinajstić information content (AvgIpc) is 2.80. The van der Waals surface area contributed by atoms with Gasteiger partial charge in [0.15, 0.2) is 0 Å². The maximum atomic E-state index is 10.3. The number of ether oxygens (including phenoxy) is 1. The third kappa shape index (κ3) is 3.80. The minimum atomic E-state index is -0.498. The smallest absolute Gasteiger partial charge is 0.103 e. The number of benzene rings is 1. The molecule has 1 fully saturated rings. The molecule has 0 radical (unpaired) electrons. The summed E-state index contributed by atoms with van der Waals surface area (Å²) in [5, 5.41) is 10.3. The van der Waals surface area contributed by atoms with Crippen molar-refractivity contribution in [3.8, 4) is 0 Å². The van der Waals surface area contributed by atoms with Crippen molar-refractivity contribution < 1.29 is 9.84 Å². The van der Waals surface area contributed by atoms with Gasteiger partial charge in [-0.15, -0.1) is 0 Å². The largest absolute Gasteiger partial charge is 0.386 e. The van der Waals surface area contributed by atoms with Crippen molar-refractivity contribution in [3.05, 3.63) is 34.4 Å². The zero-order valence-corrected chi connectivity index (χ0v) is 12.4. The number of aliphatic hydroxyl groups excluding tert-OH is 1. The highest BCUT2D eigenvalue weighted by Gasteiger charge is 2.17. The SMILES string of the molecule is Cc1cc(C)c(C(O)COCC2CCCC2)c(C)c1. The molecule has 1 atom stereocenters. The van der Waals surface area contributed by atoms with E-state index in [-0.39, 0.29) is 0 Å². The number of rotatable bonds is 5. The predicted octanol–water partition coefficient (Wildman–Crippen LogP) is 3.85. The van der Waals surface area contributed by atoms with Crippen LogP contribution in [0.5, 0.6) is 0 Å². The second-order valence-corrected chi connectivity index (χ2v) is 6.02.